The monoisotopic (exact) mass is 225 g/mol. The number of hydrogen-bond acceptors (Lipinski definition) is 1. The first-order valence-corrected chi connectivity index (χ1v) is 5.47. The van der Waals surface area contributed by atoms with E-state index in [1.54, 1.807) is 12.1 Å². The van der Waals surface area contributed by atoms with Gasteiger partial charge in [-0.2, -0.15) is 0 Å². The van der Waals surface area contributed by atoms with E-state index in [1.807, 2.05) is 0 Å². The maximum Gasteiger partial charge on any atom is 0.159 e. The summed E-state index contributed by atoms with van der Waals surface area (Å²) in [7, 11) is 0. The van der Waals surface area contributed by atoms with Gasteiger partial charge in [0.2, 0.25) is 0 Å². The molecule has 0 heterocycles. The maximum atomic E-state index is 13.0. The van der Waals surface area contributed by atoms with Gasteiger partial charge < -0.3 is 5.32 Å². The molecule has 88 valence electrons. The predicted molar refractivity (Wildman–Crippen MR) is 62.3 cm³/mol. The molecule has 0 spiro atoms. The van der Waals surface area contributed by atoms with E-state index < -0.39 is 11.6 Å². The van der Waals surface area contributed by atoms with Crippen LogP contribution in [0.2, 0.25) is 0 Å². The van der Waals surface area contributed by atoms with Crippen molar-refractivity contribution in [3.05, 3.63) is 48.1 Å². The molecule has 16 heavy (non-hydrogen) atoms. The summed E-state index contributed by atoms with van der Waals surface area (Å²) in [6.45, 7) is 6.68. The fourth-order valence-electron chi connectivity index (χ4n) is 1.49. The van der Waals surface area contributed by atoms with Gasteiger partial charge in [-0.15, -0.1) is 6.58 Å². The number of benzene rings is 1. The van der Waals surface area contributed by atoms with E-state index >= 15 is 0 Å². The Kier molecular flexibility index (Phi) is 5.12. The van der Waals surface area contributed by atoms with Gasteiger partial charge in [0.05, 0.1) is 0 Å². The molecule has 0 saturated heterocycles. The Labute approximate surface area is 95.2 Å². The zero-order valence-corrected chi connectivity index (χ0v) is 9.47. The summed E-state index contributed by atoms with van der Waals surface area (Å²) < 4.78 is 25.7. The van der Waals surface area contributed by atoms with Crippen LogP contribution in [0.25, 0.3) is 0 Å². The molecule has 1 aromatic carbocycles. The van der Waals surface area contributed by atoms with Gasteiger partial charge in [0.15, 0.2) is 11.6 Å². The molecule has 0 bridgehead atoms. The molecule has 1 N–H and O–H groups in total. The Hall–Kier alpha value is -1.22. The molecule has 1 nitrogen and oxygen atoms in total. The number of hydrogen-bond donors (Lipinski definition) is 1. The summed E-state index contributed by atoms with van der Waals surface area (Å²) in [5.41, 5.74) is 0.771. The normalized spacial score (nSPS) is 12.4. The van der Waals surface area contributed by atoms with Gasteiger partial charge in [0.1, 0.15) is 0 Å². The molecule has 1 aromatic rings. The van der Waals surface area contributed by atoms with Gasteiger partial charge in [-0.25, -0.2) is 8.78 Å². The molecule has 0 aromatic heterocycles. The van der Waals surface area contributed by atoms with E-state index in [0.29, 0.717) is 6.42 Å². The van der Waals surface area contributed by atoms with Crippen molar-refractivity contribution in [1.29, 1.82) is 0 Å². The smallest absolute Gasteiger partial charge is 0.159 e. The second kappa shape index (κ2) is 6.38. The van der Waals surface area contributed by atoms with Crippen molar-refractivity contribution in [2.75, 3.05) is 6.54 Å². The first-order chi connectivity index (χ1) is 7.67. The van der Waals surface area contributed by atoms with Crippen LogP contribution in [0.1, 0.15) is 18.9 Å². The van der Waals surface area contributed by atoms with Crippen LogP contribution in [0.15, 0.2) is 30.9 Å². The van der Waals surface area contributed by atoms with E-state index in [1.165, 1.54) is 6.07 Å². The van der Waals surface area contributed by atoms with Crippen LogP contribution in [0.4, 0.5) is 8.78 Å². The fraction of sp³-hybridized carbons (Fsp3) is 0.385. The summed E-state index contributed by atoms with van der Waals surface area (Å²) in [5, 5.41) is 3.27. The van der Waals surface area contributed by atoms with Crippen molar-refractivity contribution in [2.45, 2.75) is 25.8 Å². The molecule has 1 atom stereocenters. The molecule has 0 aliphatic heterocycles. The van der Waals surface area contributed by atoms with Crippen LogP contribution in [0.5, 0.6) is 0 Å². The predicted octanol–water partition coefficient (Wildman–Crippen LogP) is 3.06. The molecule has 0 fully saturated rings. The summed E-state index contributed by atoms with van der Waals surface area (Å²) >= 11 is 0. The Bertz CT molecular complexity index is 350. The summed E-state index contributed by atoms with van der Waals surface area (Å²) in [4.78, 5) is 0. The van der Waals surface area contributed by atoms with Crippen molar-refractivity contribution in [1.82, 2.24) is 5.32 Å². The van der Waals surface area contributed by atoms with Gasteiger partial charge >= 0.3 is 0 Å². The lowest BCUT2D eigenvalue weighted by atomic mass is 10.1. The lowest BCUT2D eigenvalue weighted by Crippen LogP contribution is -2.29. The Balaban J connectivity index is 2.63. The zero-order chi connectivity index (χ0) is 12.0. The van der Waals surface area contributed by atoms with E-state index in [-0.39, 0.29) is 6.04 Å². The van der Waals surface area contributed by atoms with Crippen molar-refractivity contribution in [3.63, 3.8) is 0 Å². The van der Waals surface area contributed by atoms with Crippen LogP contribution in [0, 0.1) is 11.6 Å². The molecule has 0 amide bonds. The number of nitrogens with one attached hydrogen (secondary N) is 1. The Morgan fingerprint density at radius 2 is 2.12 bits per heavy atom. The molecule has 1 rings (SSSR count). The van der Waals surface area contributed by atoms with E-state index in [0.717, 1.165) is 24.6 Å². The highest BCUT2D eigenvalue weighted by molar-refractivity contribution is 5.19. The molecule has 0 saturated carbocycles. The van der Waals surface area contributed by atoms with Gasteiger partial charge in [-0.3, -0.25) is 0 Å². The minimum atomic E-state index is -0.805. The van der Waals surface area contributed by atoms with Gasteiger partial charge in [0, 0.05) is 6.04 Å². The maximum absolute atomic E-state index is 13.0. The second-order valence-corrected chi connectivity index (χ2v) is 3.75. The van der Waals surface area contributed by atoms with E-state index in [2.05, 4.69) is 18.8 Å². The highest BCUT2D eigenvalue weighted by atomic mass is 19.2. The highest BCUT2D eigenvalue weighted by Gasteiger charge is 2.07. The van der Waals surface area contributed by atoms with Crippen molar-refractivity contribution < 1.29 is 8.78 Å². The third-order valence-corrected chi connectivity index (χ3v) is 2.38. The second-order valence-electron chi connectivity index (χ2n) is 3.75. The van der Waals surface area contributed by atoms with Gasteiger partial charge in [-0.05, 0) is 37.1 Å². The summed E-state index contributed by atoms with van der Waals surface area (Å²) in [6.07, 6.45) is 3.44. The third-order valence-electron chi connectivity index (χ3n) is 2.38. The lowest BCUT2D eigenvalue weighted by Gasteiger charge is -2.14. The summed E-state index contributed by atoms with van der Waals surface area (Å²) in [6, 6.07) is 4.09. The van der Waals surface area contributed by atoms with E-state index in [4.69, 9.17) is 0 Å². The van der Waals surface area contributed by atoms with Crippen LogP contribution in [-0.2, 0) is 6.42 Å². The largest absolute Gasteiger partial charge is 0.310 e. The standard InChI is InChI=1S/C13H17F2N/c1-3-7-16-11(4-2)8-10-5-6-12(14)13(15)9-10/h4-6,9,11,16H,2-3,7-8H2,1H3. The average Bonchev–Trinajstić information content (AvgIpc) is 2.29. The molecular formula is C13H17F2N. The summed E-state index contributed by atoms with van der Waals surface area (Å²) in [5.74, 6) is -1.60. The average molecular weight is 225 g/mol. The van der Waals surface area contributed by atoms with Crippen LogP contribution < -0.4 is 5.32 Å². The molecule has 3 heteroatoms. The first-order valence-electron chi connectivity index (χ1n) is 5.47. The lowest BCUT2D eigenvalue weighted by molar-refractivity contribution is 0.505. The fourth-order valence-corrected chi connectivity index (χ4v) is 1.49. The molecule has 0 aliphatic carbocycles. The molecule has 0 aliphatic rings. The quantitative estimate of drug-likeness (QED) is 0.734. The van der Waals surface area contributed by atoms with Crippen LogP contribution >= 0.6 is 0 Å². The minimum absolute atomic E-state index is 0.102. The topological polar surface area (TPSA) is 12.0 Å². The minimum Gasteiger partial charge on any atom is -0.310 e. The molecular weight excluding hydrogens is 208 g/mol. The Morgan fingerprint density at radius 3 is 2.69 bits per heavy atom. The van der Waals surface area contributed by atoms with E-state index in [9.17, 15) is 8.78 Å². The van der Waals surface area contributed by atoms with Crippen molar-refractivity contribution >= 4 is 0 Å². The molecule has 1 unspecified atom stereocenters. The van der Waals surface area contributed by atoms with Crippen LogP contribution in [-0.4, -0.2) is 12.6 Å². The Morgan fingerprint density at radius 1 is 1.38 bits per heavy atom. The van der Waals surface area contributed by atoms with Gasteiger partial charge in [0.25, 0.3) is 0 Å². The first kappa shape index (κ1) is 12.8. The van der Waals surface area contributed by atoms with Crippen molar-refractivity contribution in [3.8, 4) is 0 Å². The zero-order valence-electron chi connectivity index (χ0n) is 9.47. The third kappa shape index (κ3) is 3.74. The molecule has 0 radical (unpaired) electrons. The highest BCUT2D eigenvalue weighted by Crippen LogP contribution is 2.10. The SMILES string of the molecule is C=CC(Cc1ccc(F)c(F)c1)NCCC. The van der Waals surface area contributed by atoms with Gasteiger partial charge in [-0.1, -0.05) is 19.1 Å². The van der Waals surface area contributed by atoms with Crippen LogP contribution in [0.3, 0.4) is 0 Å². The van der Waals surface area contributed by atoms with Crippen molar-refractivity contribution in [2.24, 2.45) is 0 Å². The number of rotatable bonds is 6. The number of halogens is 2.